The van der Waals surface area contributed by atoms with Crippen LogP contribution in [0.25, 0.3) is 0 Å². The number of hydrogen-bond acceptors (Lipinski definition) is 5. The van der Waals surface area contributed by atoms with Crippen LogP contribution in [-0.4, -0.2) is 17.9 Å². The second-order valence-electron chi connectivity index (χ2n) is 6.15. The van der Waals surface area contributed by atoms with Gasteiger partial charge in [-0.3, -0.25) is 14.9 Å². The van der Waals surface area contributed by atoms with Crippen LogP contribution in [0.3, 0.4) is 0 Å². The molecule has 0 bridgehead atoms. The van der Waals surface area contributed by atoms with Gasteiger partial charge >= 0.3 is 0 Å². The van der Waals surface area contributed by atoms with E-state index in [1.807, 2.05) is 12.1 Å². The highest BCUT2D eigenvalue weighted by Gasteiger charge is 2.18. The first-order valence-electron chi connectivity index (χ1n) is 8.68. The molecule has 1 N–H and O–H groups in total. The molecule has 0 atom stereocenters. The Hall–Kier alpha value is -3.29. The van der Waals surface area contributed by atoms with Gasteiger partial charge in [-0.1, -0.05) is 35.3 Å². The van der Waals surface area contributed by atoms with E-state index in [9.17, 15) is 14.9 Å². The van der Waals surface area contributed by atoms with E-state index in [1.165, 1.54) is 37.4 Å². The van der Waals surface area contributed by atoms with Crippen molar-refractivity contribution in [1.82, 2.24) is 0 Å². The van der Waals surface area contributed by atoms with Gasteiger partial charge in [-0.05, 0) is 48.0 Å². The summed E-state index contributed by atoms with van der Waals surface area (Å²) in [7, 11) is 1.45. The number of rotatable bonds is 7. The van der Waals surface area contributed by atoms with Crippen LogP contribution in [0.5, 0.6) is 11.5 Å². The zero-order chi connectivity index (χ0) is 21.7. The van der Waals surface area contributed by atoms with Crippen molar-refractivity contribution in [3.8, 4) is 11.5 Å². The van der Waals surface area contributed by atoms with Crippen LogP contribution in [0.1, 0.15) is 15.9 Å². The van der Waals surface area contributed by atoms with Crippen molar-refractivity contribution < 1.29 is 19.2 Å². The molecule has 0 spiro atoms. The molecule has 3 aromatic carbocycles. The molecule has 0 aromatic heterocycles. The molecule has 30 heavy (non-hydrogen) atoms. The number of ether oxygens (including phenoxy) is 2. The molecular formula is C21H16Cl2N2O5. The Morgan fingerprint density at radius 2 is 1.70 bits per heavy atom. The van der Waals surface area contributed by atoms with E-state index in [2.05, 4.69) is 5.32 Å². The Balaban J connectivity index is 1.76. The van der Waals surface area contributed by atoms with Gasteiger partial charge in [0, 0.05) is 21.7 Å². The zero-order valence-electron chi connectivity index (χ0n) is 15.7. The third-order valence-electron chi connectivity index (χ3n) is 4.14. The molecule has 154 valence electrons. The van der Waals surface area contributed by atoms with E-state index >= 15 is 0 Å². The second-order valence-corrected chi connectivity index (χ2v) is 7.03. The van der Waals surface area contributed by atoms with Crippen molar-refractivity contribution in [3.63, 3.8) is 0 Å². The van der Waals surface area contributed by atoms with Crippen LogP contribution in [0.4, 0.5) is 11.4 Å². The second kappa shape index (κ2) is 9.47. The van der Waals surface area contributed by atoms with E-state index in [-0.39, 0.29) is 28.6 Å². The maximum absolute atomic E-state index is 12.6. The average molecular weight is 447 g/mol. The van der Waals surface area contributed by atoms with Crippen molar-refractivity contribution in [1.29, 1.82) is 0 Å². The Kier molecular flexibility index (Phi) is 6.76. The maximum atomic E-state index is 12.6. The molecule has 0 heterocycles. The maximum Gasteiger partial charge on any atom is 0.294 e. The Labute approximate surface area is 182 Å². The van der Waals surface area contributed by atoms with E-state index in [1.54, 1.807) is 18.2 Å². The molecule has 7 nitrogen and oxygen atoms in total. The number of nitro benzene ring substituents is 1. The normalized spacial score (nSPS) is 10.4. The first-order chi connectivity index (χ1) is 14.4. The molecule has 3 rings (SSSR count). The topological polar surface area (TPSA) is 90.7 Å². The van der Waals surface area contributed by atoms with E-state index in [0.717, 1.165) is 5.56 Å². The molecule has 0 radical (unpaired) electrons. The molecule has 0 unspecified atom stereocenters. The lowest BCUT2D eigenvalue weighted by atomic mass is 10.1. The number of nitrogens with zero attached hydrogens (tertiary/aromatic N) is 1. The number of halogens is 2. The molecule has 3 aromatic rings. The Morgan fingerprint density at radius 1 is 1.00 bits per heavy atom. The summed E-state index contributed by atoms with van der Waals surface area (Å²) in [5, 5.41) is 14.5. The van der Waals surface area contributed by atoms with Crippen LogP contribution >= 0.6 is 23.2 Å². The van der Waals surface area contributed by atoms with Crippen molar-refractivity contribution in [3.05, 3.63) is 92.0 Å². The lowest BCUT2D eigenvalue weighted by Crippen LogP contribution is -2.13. The number of benzene rings is 3. The van der Waals surface area contributed by atoms with Gasteiger partial charge in [0.25, 0.3) is 11.6 Å². The van der Waals surface area contributed by atoms with E-state index in [4.69, 9.17) is 32.7 Å². The Morgan fingerprint density at radius 3 is 2.37 bits per heavy atom. The first kappa shape index (κ1) is 21.4. The van der Waals surface area contributed by atoms with Gasteiger partial charge in [-0.25, -0.2) is 0 Å². The summed E-state index contributed by atoms with van der Waals surface area (Å²) in [6, 6.07) is 15.8. The van der Waals surface area contributed by atoms with Crippen molar-refractivity contribution >= 4 is 40.5 Å². The van der Waals surface area contributed by atoms with Crippen LogP contribution < -0.4 is 14.8 Å². The summed E-state index contributed by atoms with van der Waals surface area (Å²) in [6.45, 7) is 0.288. The minimum absolute atomic E-state index is 0.0384. The summed E-state index contributed by atoms with van der Waals surface area (Å²) < 4.78 is 11.1. The monoisotopic (exact) mass is 446 g/mol. The summed E-state index contributed by atoms with van der Waals surface area (Å²) >= 11 is 11.7. The fourth-order valence-corrected chi connectivity index (χ4v) is 2.92. The lowest BCUT2D eigenvalue weighted by Gasteiger charge is -2.13. The highest BCUT2D eigenvalue weighted by atomic mass is 35.5. The molecule has 0 aliphatic heterocycles. The number of carbonyl (C=O) groups excluding carboxylic acids is 1. The molecular weight excluding hydrogens is 431 g/mol. The minimum atomic E-state index is -0.615. The number of nitrogens with one attached hydrogen (secondary N) is 1. The van der Waals surface area contributed by atoms with Crippen LogP contribution in [0.2, 0.25) is 10.0 Å². The molecule has 0 saturated heterocycles. The van der Waals surface area contributed by atoms with Gasteiger partial charge in [-0.15, -0.1) is 0 Å². The van der Waals surface area contributed by atoms with Crippen molar-refractivity contribution in [2.75, 3.05) is 12.4 Å². The number of hydrogen-bond donors (Lipinski definition) is 1. The van der Waals surface area contributed by atoms with E-state index < -0.39 is 10.8 Å². The van der Waals surface area contributed by atoms with Gasteiger partial charge < -0.3 is 14.8 Å². The van der Waals surface area contributed by atoms with Crippen molar-refractivity contribution in [2.45, 2.75) is 6.61 Å². The molecule has 0 fully saturated rings. The largest absolute Gasteiger partial charge is 0.493 e. The summed E-state index contributed by atoms with van der Waals surface area (Å²) in [5.41, 5.74) is 0.899. The zero-order valence-corrected chi connectivity index (χ0v) is 17.2. The van der Waals surface area contributed by atoms with Gasteiger partial charge in [0.05, 0.1) is 12.0 Å². The number of nitro groups is 1. The van der Waals surface area contributed by atoms with Gasteiger partial charge in [0.2, 0.25) is 0 Å². The van der Waals surface area contributed by atoms with Gasteiger partial charge in [0.15, 0.2) is 11.5 Å². The predicted molar refractivity (Wildman–Crippen MR) is 115 cm³/mol. The standard InChI is InChI=1S/C21H16Cl2N2O5/c1-29-20-10-14(4-9-19(20)30-12-13-2-5-15(22)6-3-13)21(26)24-17-8-7-16(23)11-18(17)25(27)28/h2-11H,12H2,1H3,(H,24,26). The molecule has 1 amide bonds. The fraction of sp³-hybridized carbons (Fsp3) is 0.0952. The number of methoxy groups -OCH3 is 1. The number of amides is 1. The quantitative estimate of drug-likeness (QED) is 0.368. The summed E-state index contributed by atoms with van der Waals surface area (Å²) in [4.78, 5) is 23.2. The lowest BCUT2D eigenvalue weighted by molar-refractivity contribution is -0.383. The first-order valence-corrected chi connectivity index (χ1v) is 9.43. The molecule has 0 saturated carbocycles. The minimum Gasteiger partial charge on any atom is -0.493 e. The summed E-state index contributed by atoms with van der Waals surface area (Å²) in [5.74, 6) is 0.256. The average Bonchev–Trinajstić information content (AvgIpc) is 2.74. The highest BCUT2D eigenvalue weighted by molar-refractivity contribution is 6.31. The van der Waals surface area contributed by atoms with Crippen LogP contribution in [0.15, 0.2) is 60.7 Å². The predicted octanol–water partition coefficient (Wildman–Crippen LogP) is 5.74. The third-order valence-corrected chi connectivity index (χ3v) is 4.63. The van der Waals surface area contributed by atoms with Crippen LogP contribution in [-0.2, 0) is 6.61 Å². The number of anilines is 1. The van der Waals surface area contributed by atoms with Crippen molar-refractivity contribution in [2.24, 2.45) is 0 Å². The van der Waals surface area contributed by atoms with Gasteiger partial charge in [-0.2, -0.15) is 0 Å². The van der Waals surface area contributed by atoms with Gasteiger partial charge in [0.1, 0.15) is 12.3 Å². The smallest absolute Gasteiger partial charge is 0.294 e. The fourth-order valence-electron chi connectivity index (χ4n) is 2.63. The SMILES string of the molecule is COc1cc(C(=O)Nc2ccc(Cl)cc2[N+](=O)[O-])ccc1OCc1ccc(Cl)cc1. The summed E-state index contributed by atoms with van der Waals surface area (Å²) in [6.07, 6.45) is 0. The molecule has 0 aliphatic rings. The third kappa shape index (κ3) is 5.20. The molecule has 0 aliphatic carbocycles. The Bertz CT molecular complexity index is 1090. The number of carbonyl (C=O) groups is 1. The van der Waals surface area contributed by atoms with E-state index in [0.29, 0.717) is 16.5 Å². The van der Waals surface area contributed by atoms with Crippen LogP contribution in [0, 0.1) is 10.1 Å². The highest BCUT2D eigenvalue weighted by Crippen LogP contribution is 2.31. The molecule has 9 heteroatoms.